The van der Waals surface area contributed by atoms with Crippen molar-refractivity contribution < 1.29 is 22.3 Å². The van der Waals surface area contributed by atoms with Crippen molar-refractivity contribution in [1.29, 1.82) is 0 Å². The third-order valence-corrected chi connectivity index (χ3v) is 5.57. The average Bonchev–Trinajstić information content (AvgIpc) is 2.55. The fourth-order valence-corrected chi connectivity index (χ4v) is 4.05. The number of nitrogens with zero attached hydrogens (tertiary/aromatic N) is 1. The van der Waals surface area contributed by atoms with E-state index >= 15 is 0 Å². The molecule has 2 rings (SSSR count). The van der Waals surface area contributed by atoms with Crippen LogP contribution in [0.3, 0.4) is 0 Å². The SMILES string of the molecule is COC(=O)CN(c1ccc(F)cc1)S(=O)(=O)c1cc(Cl)ccc1Cl. The Morgan fingerprint density at radius 3 is 2.38 bits per heavy atom. The Kier molecular flexibility index (Phi) is 5.69. The van der Waals surface area contributed by atoms with E-state index in [4.69, 9.17) is 23.2 Å². The van der Waals surface area contributed by atoms with Crippen LogP contribution in [0.2, 0.25) is 10.0 Å². The van der Waals surface area contributed by atoms with Crippen molar-refractivity contribution in [2.24, 2.45) is 0 Å². The van der Waals surface area contributed by atoms with E-state index in [2.05, 4.69) is 4.74 Å². The molecular weight excluding hydrogens is 380 g/mol. The summed E-state index contributed by atoms with van der Waals surface area (Å²) in [5, 5.41) is 0.103. The van der Waals surface area contributed by atoms with Crippen LogP contribution < -0.4 is 4.31 Å². The number of hydrogen-bond acceptors (Lipinski definition) is 4. The zero-order valence-corrected chi connectivity index (χ0v) is 14.7. The van der Waals surface area contributed by atoms with Gasteiger partial charge in [0, 0.05) is 5.02 Å². The number of carbonyl (C=O) groups is 1. The van der Waals surface area contributed by atoms with Gasteiger partial charge in [0.1, 0.15) is 17.3 Å². The van der Waals surface area contributed by atoms with Crippen LogP contribution >= 0.6 is 23.2 Å². The molecule has 0 unspecified atom stereocenters. The van der Waals surface area contributed by atoms with Gasteiger partial charge >= 0.3 is 5.97 Å². The normalized spacial score (nSPS) is 11.2. The second-order valence-corrected chi connectivity index (χ2v) is 7.31. The predicted molar refractivity (Wildman–Crippen MR) is 89.4 cm³/mol. The lowest BCUT2D eigenvalue weighted by atomic mass is 10.3. The number of carbonyl (C=O) groups excluding carboxylic acids is 1. The Morgan fingerprint density at radius 2 is 1.79 bits per heavy atom. The highest BCUT2D eigenvalue weighted by Crippen LogP contribution is 2.30. The first kappa shape index (κ1) is 18.5. The van der Waals surface area contributed by atoms with Crippen molar-refractivity contribution >= 4 is 44.9 Å². The quantitative estimate of drug-likeness (QED) is 0.731. The van der Waals surface area contributed by atoms with Gasteiger partial charge in [0.2, 0.25) is 0 Å². The predicted octanol–water partition coefficient (Wildman–Crippen LogP) is 3.50. The number of benzene rings is 2. The fourth-order valence-electron chi connectivity index (χ4n) is 1.90. The second kappa shape index (κ2) is 7.38. The molecule has 0 amide bonds. The van der Waals surface area contributed by atoms with Crippen molar-refractivity contribution in [3.05, 3.63) is 58.3 Å². The summed E-state index contributed by atoms with van der Waals surface area (Å²) in [6, 6.07) is 8.56. The van der Waals surface area contributed by atoms with Crippen molar-refractivity contribution in [2.75, 3.05) is 18.0 Å². The number of sulfonamides is 1. The molecule has 0 saturated heterocycles. The minimum atomic E-state index is -4.23. The Hall–Kier alpha value is -1.83. The largest absolute Gasteiger partial charge is 0.468 e. The summed E-state index contributed by atoms with van der Waals surface area (Å²) in [4.78, 5) is 11.4. The van der Waals surface area contributed by atoms with Crippen LogP contribution in [-0.4, -0.2) is 28.0 Å². The smallest absolute Gasteiger partial charge is 0.326 e. The third-order valence-electron chi connectivity index (χ3n) is 3.08. The third kappa shape index (κ3) is 3.98. The molecule has 0 aliphatic rings. The standard InChI is InChI=1S/C15H12Cl2FNO4S/c1-23-15(20)9-19(12-5-3-11(18)4-6-12)24(21,22)14-8-10(16)2-7-13(14)17/h2-8H,9H2,1H3. The fraction of sp³-hybridized carbons (Fsp3) is 0.133. The summed E-state index contributed by atoms with van der Waals surface area (Å²) >= 11 is 11.8. The first-order chi connectivity index (χ1) is 11.3. The minimum absolute atomic E-state index is 0.0589. The van der Waals surface area contributed by atoms with E-state index in [9.17, 15) is 17.6 Å². The molecule has 24 heavy (non-hydrogen) atoms. The summed E-state index contributed by atoms with van der Waals surface area (Å²) in [5.74, 6) is -1.34. The molecule has 0 aromatic heterocycles. The van der Waals surface area contributed by atoms with Crippen LogP contribution in [-0.2, 0) is 19.6 Å². The number of hydrogen-bond donors (Lipinski definition) is 0. The van der Waals surface area contributed by atoms with Crippen LogP contribution in [0.4, 0.5) is 10.1 Å². The molecule has 2 aromatic rings. The van der Waals surface area contributed by atoms with Gasteiger partial charge in [-0.25, -0.2) is 12.8 Å². The van der Waals surface area contributed by atoms with Gasteiger partial charge in [-0.15, -0.1) is 0 Å². The molecule has 0 bridgehead atoms. The van der Waals surface area contributed by atoms with Gasteiger partial charge in [0.15, 0.2) is 0 Å². The zero-order chi connectivity index (χ0) is 17.9. The van der Waals surface area contributed by atoms with Crippen LogP contribution in [0.5, 0.6) is 0 Å². The molecule has 0 N–H and O–H groups in total. The number of methoxy groups -OCH3 is 1. The minimum Gasteiger partial charge on any atom is -0.468 e. The number of halogens is 3. The highest BCUT2D eigenvalue weighted by Gasteiger charge is 2.29. The maximum atomic E-state index is 13.1. The van der Waals surface area contributed by atoms with E-state index in [1.807, 2.05) is 0 Å². The van der Waals surface area contributed by atoms with E-state index in [1.165, 1.54) is 30.3 Å². The first-order valence-electron chi connectivity index (χ1n) is 6.56. The second-order valence-electron chi connectivity index (χ2n) is 4.64. The van der Waals surface area contributed by atoms with Gasteiger partial charge in [-0.1, -0.05) is 23.2 Å². The highest BCUT2D eigenvalue weighted by molar-refractivity contribution is 7.93. The van der Waals surface area contributed by atoms with Crippen LogP contribution in [0, 0.1) is 5.82 Å². The topological polar surface area (TPSA) is 63.7 Å². The molecule has 128 valence electrons. The summed E-state index contributed by atoms with van der Waals surface area (Å²) in [7, 11) is -3.10. The lowest BCUT2D eigenvalue weighted by Crippen LogP contribution is -2.36. The molecule has 0 atom stereocenters. The van der Waals surface area contributed by atoms with Crippen molar-refractivity contribution in [3.63, 3.8) is 0 Å². The van der Waals surface area contributed by atoms with Gasteiger partial charge < -0.3 is 4.74 Å². The van der Waals surface area contributed by atoms with Crippen molar-refractivity contribution in [2.45, 2.75) is 4.90 Å². The Morgan fingerprint density at radius 1 is 1.17 bits per heavy atom. The average molecular weight is 392 g/mol. The Balaban J connectivity index is 2.58. The number of esters is 1. The van der Waals surface area contributed by atoms with Crippen LogP contribution in [0.25, 0.3) is 0 Å². The van der Waals surface area contributed by atoms with Gasteiger partial charge in [-0.3, -0.25) is 9.10 Å². The van der Waals surface area contributed by atoms with E-state index in [0.717, 1.165) is 23.5 Å². The van der Waals surface area contributed by atoms with E-state index in [1.54, 1.807) is 0 Å². The van der Waals surface area contributed by atoms with Gasteiger partial charge in [0.25, 0.3) is 10.0 Å². The summed E-state index contributed by atoms with van der Waals surface area (Å²) in [6.45, 7) is -0.604. The molecule has 0 fully saturated rings. The highest BCUT2D eigenvalue weighted by atomic mass is 35.5. The monoisotopic (exact) mass is 391 g/mol. The Labute approximate surface area is 148 Å². The lowest BCUT2D eigenvalue weighted by Gasteiger charge is -2.24. The van der Waals surface area contributed by atoms with Crippen LogP contribution in [0.15, 0.2) is 47.4 Å². The van der Waals surface area contributed by atoms with E-state index < -0.39 is 28.4 Å². The lowest BCUT2D eigenvalue weighted by molar-refractivity contribution is -0.138. The van der Waals surface area contributed by atoms with Crippen molar-refractivity contribution in [1.82, 2.24) is 0 Å². The first-order valence-corrected chi connectivity index (χ1v) is 8.75. The van der Waals surface area contributed by atoms with Gasteiger partial charge in [-0.05, 0) is 42.5 Å². The summed E-state index contributed by atoms with van der Waals surface area (Å²) in [6.07, 6.45) is 0. The molecule has 0 radical (unpaired) electrons. The molecule has 0 heterocycles. The summed E-state index contributed by atoms with van der Waals surface area (Å²) in [5.41, 5.74) is 0.0813. The van der Waals surface area contributed by atoms with E-state index in [-0.39, 0.29) is 20.6 Å². The molecule has 0 aliphatic heterocycles. The number of rotatable bonds is 5. The molecule has 0 aliphatic carbocycles. The number of anilines is 1. The molecular formula is C15H12Cl2FNO4S. The molecule has 2 aromatic carbocycles. The number of ether oxygens (including phenoxy) is 1. The van der Waals surface area contributed by atoms with Gasteiger partial charge in [-0.2, -0.15) is 0 Å². The zero-order valence-electron chi connectivity index (χ0n) is 12.4. The van der Waals surface area contributed by atoms with Crippen molar-refractivity contribution in [3.8, 4) is 0 Å². The molecule has 0 saturated carbocycles. The molecule has 5 nitrogen and oxygen atoms in total. The van der Waals surface area contributed by atoms with Crippen LogP contribution in [0.1, 0.15) is 0 Å². The maximum absolute atomic E-state index is 13.1. The van der Waals surface area contributed by atoms with E-state index in [0.29, 0.717) is 0 Å². The Bertz CT molecular complexity index is 856. The molecule has 9 heteroatoms. The summed E-state index contributed by atoms with van der Waals surface area (Å²) < 4.78 is 44.3. The molecule has 0 spiro atoms. The van der Waals surface area contributed by atoms with Gasteiger partial charge in [0.05, 0.1) is 17.8 Å². The maximum Gasteiger partial charge on any atom is 0.326 e.